The molecule has 0 aromatic heterocycles. The van der Waals surface area contributed by atoms with Crippen molar-refractivity contribution in [3.8, 4) is 11.5 Å². The zero-order valence-corrected chi connectivity index (χ0v) is 13.7. The third-order valence-electron chi connectivity index (χ3n) is 3.04. The van der Waals surface area contributed by atoms with E-state index in [1.54, 1.807) is 32.0 Å². The fourth-order valence-corrected chi connectivity index (χ4v) is 3.61. The van der Waals surface area contributed by atoms with Gasteiger partial charge in [-0.1, -0.05) is 0 Å². The number of benzene rings is 1. The molecule has 0 unspecified atom stereocenters. The summed E-state index contributed by atoms with van der Waals surface area (Å²) in [6.45, 7) is 3.90. The van der Waals surface area contributed by atoms with Crippen LogP contribution < -0.4 is 9.47 Å². The monoisotopic (exact) mass is 326 g/mol. The Morgan fingerprint density at radius 1 is 1.27 bits per heavy atom. The summed E-state index contributed by atoms with van der Waals surface area (Å²) in [5, 5.41) is 0. The first-order chi connectivity index (χ1) is 10.5. The van der Waals surface area contributed by atoms with E-state index in [0.29, 0.717) is 17.1 Å². The zero-order chi connectivity index (χ0) is 16.2. The first-order valence-electron chi connectivity index (χ1n) is 6.99. The Labute approximate surface area is 129 Å². The van der Waals surface area contributed by atoms with Crippen LogP contribution in [-0.4, -0.2) is 32.7 Å². The maximum Gasteiger partial charge on any atom is 0.354 e. The van der Waals surface area contributed by atoms with Gasteiger partial charge in [-0.05, 0) is 32.0 Å². The molecule has 0 saturated carbocycles. The van der Waals surface area contributed by atoms with Gasteiger partial charge in [0.25, 0.3) is 0 Å². The van der Waals surface area contributed by atoms with Crippen LogP contribution in [0, 0.1) is 0 Å². The number of rotatable bonds is 6. The number of fused-ring (bicyclic) bond motifs is 1. The lowest BCUT2D eigenvalue weighted by Gasteiger charge is -2.21. The van der Waals surface area contributed by atoms with Crippen LogP contribution in [0.25, 0.3) is 0 Å². The summed E-state index contributed by atoms with van der Waals surface area (Å²) in [5.74, 6) is 2.02. The largest absolute Gasteiger partial charge is 0.497 e. The Hall–Kier alpha value is -1.62. The van der Waals surface area contributed by atoms with Crippen molar-refractivity contribution in [2.45, 2.75) is 13.8 Å². The van der Waals surface area contributed by atoms with Crippen LogP contribution in [0.4, 0.5) is 0 Å². The normalized spacial score (nSPS) is 16.3. The van der Waals surface area contributed by atoms with Crippen molar-refractivity contribution < 1.29 is 27.9 Å². The van der Waals surface area contributed by atoms with E-state index in [0.717, 1.165) is 0 Å². The smallest absolute Gasteiger partial charge is 0.354 e. The number of carbonyl (C=O) groups excluding carboxylic acids is 1. The van der Waals surface area contributed by atoms with Gasteiger partial charge < -0.3 is 18.5 Å². The zero-order valence-electron chi connectivity index (χ0n) is 12.8. The van der Waals surface area contributed by atoms with Crippen LogP contribution in [0.1, 0.15) is 24.2 Å². The fourth-order valence-electron chi connectivity index (χ4n) is 2.09. The molecule has 1 aliphatic heterocycles. The average Bonchev–Trinajstić information content (AvgIpc) is 2.50. The minimum absolute atomic E-state index is 0.0301. The lowest BCUT2D eigenvalue weighted by molar-refractivity contribution is 0.0998. The molecule has 1 aliphatic rings. The number of ketones is 1. The summed E-state index contributed by atoms with van der Waals surface area (Å²) < 4.78 is 33.5. The number of Topliss-reactive ketones (excluding diaryl/α,β-unsaturated/α-hetero) is 1. The molecule has 0 amide bonds. The predicted octanol–water partition coefficient (Wildman–Crippen LogP) is 3.42. The maximum absolute atomic E-state index is 12.5. The molecular weight excluding hydrogens is 307 g/mol. The van der Waals surface area contributed by atoms with Crippen LogP contribution in [0.15, 0.2) is 29.6 Å². The summed E-state index contributed by atoms with van der Waals surface area (Å²) in [6.07, 6.45) is 0. The molecule has 1 aromatic rings. The van der Waals surface area contributed by atoms with E-state index in [1.165, 1.54) is 12.9 Å². The number of methoxy groups -OCH3 is 1. The summed E-state index contributed by atoms with van der Waals surface area (Å²) in [5.41, 5.74) is 0.627. The number of hydrogen-bond acceptors (Lipinski definition) is 6. The summed E-state index contributed by atoms with van der Waals surface area (Å²) >= 11 is 0. The van der Waals surface area contributed by atoms with Crippen molar-refractivity contribution in [2.24, 2.45) is 0 Å². The lowest BCUT2D eigenvalue weighted by Crippen LogP contribution is -2.19. The van der Waals surface area contributed by atoms with Crippen molar-refractivity contribution >= 4 is 13.4 Å². The molecule has 22 heavy (non-hydrogen) atoms. The highest BCUT2D eigenvalue weighted by molar-refractivity contribution is 7.57. The highest BCUT2D eigenvalue weighted by Gasteiger charge is 2.29. The van der Waals surface area contributed by atoms with E-state index in [2.05, 4.69) is 0 Å². The van der Waals surface area contributed by atoms with Gasteiger partial charge in [-0.2, -0.15) is 0 Å². The highest BCUT2D eigenvalue weighted by Crippen LogP contribution is 2.51. The van der Waals surface area contributed by atoms with E-state index in [1.807, 2.05) is 0 Å². The summed E-state index contributed by atoms with van der Waals surface area (Å²) in [6, 6.07) is 4.98. The van der Waals surface area contributed by atoms with E-state index < -0.39 is 7.60 Å². The van der Waals surface area contributed by atoms with Gasteiger partial charge in [0.2, 0.25) is 0 Å². The third-order valence-corrected chi connectivity index (χ3v) is 4.90. The Bertz CT molecular complexity index is 627. The van der Waals surface area contributed by atoms with Crippen molar-refractivity contribution in [1.82, 2.24) is 0 Å². The van der Waals surface area contributed by atoms with Crippen molar-refractivity contribution in [1.29, 1.82) is 0 Å². The highest BCUT2D eigenvalue weighted by atomic mass is 31.2. The lowest BCUT2D eigenvalue weighted by atomic mass is 10.0. The Morgan fingerprint density at radius 2 is 1.95 bits per heavy atom. The molecule has 120 valence electrons. The molecule has 7 heteroatoms. The molecule has 0 N–H and O–H groups in total. The van der Waals surface area contributed by atoms with Gasteiger partial charge in [0, 0.05) is 11.4 Å². The second-order valence-electron chi connectivity index (χ2n) is 4.51. The molecule has 0 radical (unpaired) electrons. The SMILES string of the molecule is CCOP(=O)(/C=C1\COc2ccc(OC)cc2C1=O)OCC. The van der Waals surface area contributed by atoms with Gasteiger partial charge in [0.05, 0.1) is 25.9 Å². The standard InChI is InChI=1S/C15H19O6P/c1-4-20-22(17,21-5-2)10-11-9-19-14-7-6-12(18-3)8-13(14)15(11)16/h6-8,10H,4-5,9H2,1-3H3/b11-10+. The third kappa shape index (κ3) is 3.58. The molecule has 0 fully saturated rings. The van der Waals surface area contributed by atoms with E-state index >= 15 is 0 Å². The molecule has 0 spiro atoms. The Kier molecular flexibility index (Phi) is 5.40. The van der Waals surface area contributed by atoms with Crippen molar-refractivity contribution in [3.63, 3.8) is 0 Å². The molecule has 6 nitrogen and oxygen atoms in total. The number of hydrogen-bond donors (Lipinski definition) is 0. The molecule has 0 atom stereocenters. The van der Waals surface area contributed by atoms with Gasteiger partial charge in [-0.3, -0.25) is 9.36 Å². The number of carbonyl (C=O) groups is 1. The van der Waals surface area contributed by atoms with Crippen LogP contribution in [0.5, 0.6) is 11.5 Å². The average molecular weight is 326 g/mol. The van der Waals surface area contributed by atoms with Crippen LogP contribution >= 0.6 is 7.60 Å². The van der Waals surface area contributed by atoms with Gasteiger partial charge >= 0.3 is 7.60 Å². The Balaban J connectivity index is 2.36. The molecule has 2 rings (SSSR count). The quantitative estimate of drug-likeness (QED) is 0.589. The number of ether oxygens (including phenoxy) is 2. The molecule has 0 bridgehead atoms. The van der Waals surface area contributed by atoms with E-state index in [4.69, 9.17) is 18.5 Å². The van der Waals surface area contributed by atoms with Crippen LogP contribution in [0.3, 0.4) is 0 Å². The predicted molar refractivity (Wildman–Crippen MR) is 81.8 cm³/mol. The van der Waals surface area contributed by atoms with Gasteiger partial charge in [-0.25, -0.2) is 0 Å². The topological polar surface area (TPSA) is 71.1 Å². The van der Waals surface area contributed by atoms with Crippen molar-refractivity contribution in [2.75, 3.05) is 26.9 Å². The second-order valence-corrected chi connectivity index (χ2v) is 6.36. The van der Waals surface area contributed by atoms with Gasteiger partial charge in [-0.15, -0.1) is 0 Å². The van der Waals surface area contributed by atoms with E-state index in [-0.39, 0.29) is 31.2 Å². The minimum atomic E-state index is -3.45. The molecule has 1 heterocycles. The summed E-state index contributed by atoms with van der Waals surface area (Å²) in [7, 11) is -1.93. The minimum Gasteiger partial charge on any atom is -0.497 e. The van der Waals surface area contributed by atoms with E-state index in [9.17, 15) is 9.36 Å². The van der Waals surface area contributed by atoms with Crippen LogP contribution in [0.2, 0.25) is 0 Å². The van der Waals surface area contributed by atoms with Crippen LogP contribution in [-0.2, 0) is 13.6 Å². The first kappa shape index (κ1) is 16.7. The van der Waals surface area contributed by atoms with Gasteiger partial charge in [0.1, 0.15) is 18.1 Å². The van der Waals surface area contributed by atoms with Crippen molar-refractivity contribution in [3.05, 3.63) is 35.2 Å². The molecule has 0 saturated heterocycles. The summed E-state index contributed by atoms with van der Waals surface area (Å²) in [4.78, 5) is 12.5. The first-order valence-corrected chi connectivity index (χ1v) is 8.60. The maximum atomic E-state index is 12.5. The second kappa shape index (κ2) is 7.09. The molecule has 1 aromatic carbocycles. The Morgan fingerprint density at radius 3 is 2.55 bits per heavy atom. The fraction of sp³-hybridized carbons (Fsp3) is 0.400. The molecular formula is C15H19O6P. The van der Waals surface area contributed by atoms with Gasteiger partial charge in [0.15, 0.2) is 5.78 Å². The molecule has 0 aliphatic carbocycles.